The van der Waals surface area contributed by atoms with Crippen LogP contribution in [0.2, 0.25) is 5.02 Å². The normalized spacial score (nSPS) is 19.0. The Bertz CT molecular complexity index is 638. The third kappa shape index (κ3) is 6.18. The number of benzene rings is 1. The molecule has 1 aliphatic rings. The van der Waals surface area contributed by atoms with Crippen molar-refractivity contribution in [3.8, 4) is 5.75 Å². The number of hydrogen-bond donors (Lipinski definition) is 2. The average Bonchev–Trinajstić information content (AvgIpc) is 2.61. The molecule has 7 heteroatoms. The summed E-state index contributed by atoms with van der Waals surface area (Å²) in [7, 11) is 0. The molecule has 1 saturated heterocycles. The Morgan fingerprint density at radius 2 is 2.23 bits per heavy atom. The number of ether oxygens (including phenoxy) is 1. The van der Waals surface area contributed by atoms with Crippen LogP contribution < -0.4 is 15.8 Å². The maximum Gasteiger partial charge on any atom is 0.260 e. The second-order valence-electron chi connectivity index (χ2n) is 6.86. The van der Waals surface area contributed by atoms with Gasteiger partial charge in [-0.25, -0.2) is 0 Å². The molecule has 0 aliphatic carbocycles. The van der Waals surface area contributed by atoms with Gasteiger partial charge in [0, 0.05) is 18.1 Å². The van der Waals surface area contributed by atoms with Gasteiger partial charge in [-0.05, 0) is 70.0 Å². The smallest absolute Gasteiger partial charge is 0.260 e. The quantitative estimate of drug-likeness (QED) is 0.675. The lowest BCUT2D eigenvalue weighted by Gasteiger charge is -2.31. The van der Waals surface area contributed by atoms with Gasteiger partial charge in [-0.1, -0.05) is 11.6 Å². The standard InChI is InChI=1S/C19H28ClN3O3/c1-13-11-16(20)6-7-17(13)26-14(2)19(25)22-8-4-10-23-9-3-5-15(12-23)18(21)24/h6-7,11,14-15H,3-5,8-10,12H2,1-2H3,(H2,21,24)(H,22,25)/t14-,15+/m0/s1. The summed E-state index contributed by atoms with van der Waals surface area (Å²) < 4.78 is 5.72. The zero-order valence-corrected chi connectivity index (χ0v) is 16.2. The van der Waals surface area contributed by atoms with Gasteiger partial charge in [-0.3, -0.25) is 9.59 Å². The molecule has 0 radical (unpaired) electrons. The molecule has 1 aromatic rings. The number of piperidine rings is 1. The van der Waals surface area contributed by atoms with Gasteiger partial charge in [-0.15, -0.1) is 0 Å². The van der Waals surface area contributed by atoms with Crippen LogP contribution in [0.1, 0.15) is 31.7 Å². The molecule has 0 saturated carbocycles. The Morgan fingerprint density at radius 3 is 2.92 bits per heavy atom. The van der Waals surface area contributed by atoms with Crippen LogP contribution in [0.5, 0.6) is 5.75 Å². The first-order valence-electron chi connectivity index (χ1n) is 9.09. The van der Waals surface area contributed by atoms with E-state index in [1.165, 1.54) is 0 Å². The highest BCUT2D eigenvalue weighted by molar-refractivity contribution is 6.30. The first-order chi connectivity index (χ1) is 12.4. The predicted molar refractivity (Wildman–Crippen MR) is 102 cm³/mol. The van der Waals surface area contributed by atoms with Crippen molar-refractivity contribution in [2.75, 3.05) is 26.2 Å². The molecule has 1 fully saturated rings. The van der Waals surface area contributed by atoms with E-state index in [1.54, 1.807) is 25.1 Å². The van der Waals surface area contributed by atoms with Crippen molar-refractivity contribution < 1.29 is 14.3 Å². The Morgan fingerprint density at radius 1 is 1.46 bits per heavy atom. The molecule has 1 aromatic carbocycles. The monoisotopic (exact) mass is 381 g/mol. The second-order valence-corrected chi connectivity index (χ2v) is 7.29. The van der Waals surface area contributed by atoms with Crippen LogP contribution in [0.3, 0.4) is 0 Å². The number of rotatable bonds is 8. The molecule has 1 aliphatic heterocycles. The predicted octanol–water partition coefficient (Wildman–Crippen LogP) is 2.12. The molecule has 0 unspecified atom stereocenters. The third-order valence-corrected chi connectivity index (χ3v) is 4.90. The van der Waals surface area contributed by atoms with Gasteiger partial charge < -0.3 is 20.7 Å². The fourth-order valence-electron chi connectivity index (χ4n) is 3.14. The van der Waals surface area contributed by atoms with Gasteiger partial charge in [0.05, 0.1) is 5.92 Å². The van der Waals surface area contributed by atoms with Crippen LogP contribution in [0.25, 0.3) is 0 Å². The van der Waals surface area contributed by atoms with Crippen molar-refractivity contribution in [3.05, 3.63) is 28.8 Å². The third-order valence-electron chi connectivity index (χ3n) is 4.67. The molecule has 2 amide bonds. The number of primary amides is 1. The van der Waals surface area contributed by atoms with E-state index in [0.29, 0.717) is 17.3 Å². The Labute approximate surface area is 160 Å². The molecule has 3 N–H and O–H groups in total. The van der Waals surface area contributed by atoms with E-state index in [1.807, 2.05) is 6.92 Å². The summed E-state index contributed by atoms with van der Waals surface area (Å²) in [6.45, 7) is 6.74. The van der Waals surface area contributed by atoms with E-state index in [9.17, 15) is 9.59 Å². The SMILES string of the molecule is Cc1cc(Cl)ccc1O[C@@H](C)C(=O)NCCCN1CCC[C@@H](C(N)=O)C1. The summed E-state index contributed by atoms with van der Waals surface area (Å²) in [5, 5.41) is 3.54. The van der Waals surface area contributed by atoms with Crippen molar-refractivity contribution in [3.63, 3.8) is 0 Å². The molecule has 1 heterocycles. The van der Waals surface area contributed by atoms with Crippen LogP contribution >= 0.6 is 11.6 Å². The highest BCUT2D eigenvalue weighted by Gasteiger charge is 2.23. The zero-order valence-electron chi connectivity index (χ0n) is 15.5. The van der Waals surface area contributed by atoms with Crippen molar-refractivity contribution in [2.45, 2.75) is 39.2 Å². The topological polar surface area (TPSA) is 84.7 Å². The number of hydrogen-bond acceptors (Lipinski definition) is 4. The Balaban J connectivity index is 1.68. The van der Waals surface area contributed by atoms with Gasteiger partial charge in [0.1, 0.15) is 5.75 Å². The molecule has 0 bridgehead atoms. The number of amides is 2. The van der Waals surface area contributed by atoms with Crippen LogP contribution in [0.15, 0.2) is 18.2 Å². The van der Waals surface area contributed by atoms with Crippen molar-refractivity contribution in [1.82, 2.24) is 10.2 Å². The van der Waals surface area contributed by atoms with E-state index >= 15 is 0 Å². The van der Waals surface area contributed by atoms with Crippen LogP contribution in [-0.2, 0) is 9.59 Å². The fourth-order valence-corrected chi connectivity index (χ4v) is 3.36. The minimum atomic E-state index is -0.580. The van der Waals surface area contributed by atoms with Gasteiger partial charge in [-0.2, -0.15) is 0 Å². The van der Waals surface area contributed by atoms with Crippen molar-refractivity contribution >= 4 is 23.4 Å². The van der Waals surface area contributed by atoms with E-state index < -0.39 is 6.10 Å². The summed E-state index contributed by atoms with van der Waals surface area (Å²) in [5.41, 5.74) is 6.29. The summed E-state index contributed by atoms with van der Waals surface area (Å²) in [4.78, 5) is 25.7. The second kappa shape index (κ2) is 9.78. The van der Waals surface area contributed by atoms with E-state index in [2.05, 4.69) is 10.2 Å². The van der Waals surface area contributed by atoms with Crippen LogP contribution in [-0.4, -0.2) is 49.0 Å². The van der Waals surface area contributed by atoms with E-state index in [-0.39, 0.29) is 17.7 Å². The molecule has 144 valence electrons. The number of nitrogens with two attached hydrogens (primary N) is 1. The minimum absolute atomic E-state index is 0.0469. The number of likely N-dealkylation sites (tertiary alicyclic amines) is 1. The van der Waals surface area contributed by atoms with Crippen molar-refractivity contribution in [2.24, 2.45) is 11.7 Å². The van der Waals surface area contributed by atoms with Gasteiger partial charge in [0.2, 0.25) is 5.91 Å². The number of nitrogens with zero attached hydrogens (tertiary/aromatic N) is 1. The van der Waals surface area contributed by atoms with Gasteiger partial charge >= 0.3 is 0 Å². The summed E-state index contributed by atoms with van der Waals surface area (Å²) in [6, 6.07) is 5.32. The van der Waals surface area contributed by atoms with Crippen LogP contribution in [0.4, 0.5) is 0 Å². The van der Waals surface area contributed by atoms with Gasteiger partial charge in [0.25, 0.3) is 5.91 Å². The fraction of sp³-hybridized carbons (Fsp3) is 0.579. The Kier molecular flexibility index (Phi) is 7.72. The number of halogens is 1. The minimum Gasteiger partial charge on any atom is -0.481 e. The molecule has 0 spiro atoms. The lowest BCUT2D eigenvalue weighted by atomic mass is 9.97. The molecule has 6 nitrogen and oxygen atoms in total. The lowest BCUT2D eigenvalue weighted by molar-refractivity contribution is -0.127. The maximum absolute atomic E-state index is 12.2. The molecule has 2 rings (SSSR count). The lowest BCUT2D eigenvalue weighted by Crippen LogP contribution is -2.42. The summed E-state index contributed by atoms with van der Waals surface area (Å²) in [6.07, 6.45) is 2.11. The number of nitrogens with one attached hydrogen (secondary N) is 1. The zero-order chi connectivity index (χ0) is 19.1. The first-order valence-corrected chi connectivity index (χ1v) is 9.47. The average molecular weight is 382 g/mol. The first kappa shape index (κ1) is 20.5. The maximum atomic E-state index is 12.2. The summed E-state index contributed by atoms with van der Waals surface area (Å²) in [5.74, 6) is 0.247. The molecular weight excluding hydrogens is 354 g/mol. The highest BCUT2D eigenvalue weighted by atomic mass is 35.5. The molecule has 0 aromatic heterocycles. The van der Waals surface area contributed by atoms with E-state index in [4.69, 9.17) is 22.1 Å². The number of carbonyl (C=O) groups is 2. The number of carbonyl (C=O) groups excluding carboxylic acids is 2. The Hall–Kier alpha value is -1.79. The molecule has 26 heavy (non-hydrogen) atoms. The number of aryl methyl sites for hydroxylation is 1. The van der Waals surface area contributed by atoms with Gasteiger partial charge in [0.15, 0.2) is 6.10 Å². The molecular formula is C19H28ClN3O3. The summed E-state index contributed by atoms with van der Waals surface area (Å²) >= 11 is 5.93. The van der Waals surface area contributed by atoms with Crippen LogP contribution in [0, 0.1) is 12.8 Å². The largest absolute Gasteiger partial charge is 0.481 e. The van der Waals surface area contributed by atoms with E-state index in [0.717, 1.165) is 44.5 Å². The highest BCUT2D eigenvalue weighted by Crippen LogP contribution is 2.22. The van der Waals surface area contributed by atoms with Crippen molar-refractivity contribution in [1.29, 1.82) is 0 Å². The molecule has 2 atom stereocenters.